The van der Waals surface area contributed by atoms with Crippen LogP contribution < -0.4 is 25.8 Å². The van der Waals surface area contributed by atoms with Crippen LogP contribution in [0.25, 0.3) is 10.9 Å². The van der Waals surface area contributed by atoms with Crippen molar-refractivity contribution >= 4 is 51.1 Å². The first kappa shape index (κ1) is 24.0. The molecule has 9 nitrogen and oxygen atoms in total. The summed E-state index contributed by atoms with van der Waals surface area (Å²) >= 11 is 2.24. The average molecular weight is 576 g/mol. The highest BCUT2D eigenvalue weighted by Gasteiger charge is 2.23. The highest BCUT2D eigenvalue weighted by atomic mass is 127. The summed E-state index contributed by atoms with van der Waals surface area (Å²) in [6.45, 7) is 0.648. The summed E-state index contributed by atoms with van der Waals surface area (Å²) in [5.41, 5.74) is 8.07. The summed E-state index contributed by atoms with van der Waals surface area (Å²) < 4.78 is 17.5. The lowest BCUT2D eigenvalue weighted by Gasteiger charge is -2.15. The molecule has 3 aromatic rings. The van der Waals surface area contributed by atoms with Crippen LogP contribution in [0.2, 0.25) is 0 Å². The number of carbonyl (C=O) groups is 2. The molecule has 0 aliphatic heterocycles. The van der Waals surface area contributed by atoms with Crippen molar-refractivity contribution < 1.29 is 23.8 Å². The van der Waals surface area contributed by atoms with Gasteiger partial charge in [0.05, 0.1) is 17.7 Å². The molecule has 4 N–H and O–H groups in total. The van der Waals surface area contributed by atoms with E-state index in [1.54, 1.807) is 37.6 Å². The SMILES string of the molecule is COCCOc1cc2nccc(Oc3ccc(NC(=O)NC4CC4)c(CI)c3)c2cc1C(N)=O. The Morgan fingerprint density at radius 1 is 1.15 bits per heavy atom. The van der Waals surface area contributed by atoms with Gasteiger partial charge in [0.1, 0.15) is 23.9 Å². The summed E-state index contributed by atoms with van der Waals surface area (Å²) in [7, 11) is 1.57. The van der Waals surface area contributed by atoms with Crippen LogP contribution >= 0.6 is 22.6 Å². The maximum absolute atomic E-state index is 12.1. The van der Waals surface area contributed by atoms with E-state index in [1.165, 1.54) is 0 Å². The number of amides is 3. The third-order valence-electron chi connectivity index (χ3n) is 5.22. The van der Waals surface area contributed by atoms with Gasteiger partial charge in [0.15, 0.2) is 0 Å². The van der Waals surface area contributed by atoms with Crippen LogP contribution in [-0.4, -0.2) is 43.3 Å². The molecule has 0 radical (unpaired) electrons. The molecule has 1 fully saturated rings. The molecule has 0 bridgehead atoms. The van der Waals surface area contributed by atoms with Crippen molar-refractivity contribution in [1.29, 1.82) is 0 Å². The molecule has 0 spiro atoms. The van der Waals surface area contributed by atoms with E-state index in [1.807, 2.05) is 12.1 Å². The number of aromatic nitrogens is 1. The second kappa shape index (κ2) is 10.9. The van der Waals surface area contributed by atoms with Crippen LogP contribution in [0.4, 0.5) is 10.5 Å². The van der Waals surface area contributed by atoms with Crippen molar-refractivity contribution in [3.8, 4) is 17.2 Å². The van der Waals surface area contributed by atoms with Gasteiger partial charge in [-0.15, -0.1) is 0 Å². The molecule has 1 aliphatic carbocycles. The van der Waals surface area contributed by atoms with E-state index in [0.29, 0.717) is 39.2 Å². The number of nitrogens with zero attached hydrogens (tertiary/aromatic N) is 1. The summed E-state index contributed by atoms with van der Waals surface area (Å²) in [6.07, 6.45) is 3.67. The second-order valence-electron chi connectivity index (χ2n) is 7.81. The Bertz CT molecular complexity index is 1220. The molecule has 0 saturated heterocycles. The molecular formula is C24H25IN4O5. The summed E-state index contributed by atoms with van der Waals surface area (Å²) in [6, 6.07) is 10.6. The average Bonchev–Trinajstić information content (AvgIpc) is 3.63. The monoisotopic (exact) mass is 576 g/mol. The number of primary amides is 1. The molecule has 0 unspecified atom stereocenters. The van der Waals surface area contributed by atoms with Crippen molar-refractivity contribution in [3.63, 3.8) is 0 Å². The first-order valence-electron chi connectivity index (χ1n) is 10.8. The van der Waals surface area contributed by atoms with E-state index in [-0.39, 0.29) is 24.2 Å². The molecule has 1 aliphatic rings. The highest BCUT2D eigenvalue weighted by Crippen LogP contribution is 2.34. The molecular weight excluding hydrogens is 551 g/mol. The largest absolute Gasteiger partial charge is 0.490 e. The second-order valence-corrected chi connectivity index (χ2v) is 8.57. The van der Waals surface area contributed by atoms with E-state index in [2.05, 4.69) is 38.2 Å². The molecule has 10 heteroatoms. The van der Waals surface area contributed by atoms with Crippen molar-refractivity contribution in [2.24, 2.45) is 5.73 Å². The molecule has 0 atom stereocenters. The van der Waals surface area contributed by atoms with Gasteiger partial charge in [0.25, 0.3) is 5.91 Å². The van der Waals surface area contributed by atoms with Crippen LogP contribution in [0.5, 0.6) is 17.2 Å². The number of urea groups is 1. The minimum absolute atomic E-state index is 0.204. The Morgan fingerprint density at radius 2 is 1.97 bits per heavy atom. The molecule has 34 heavy (non-hydrogen) atoms. The standard InChI is InChI=1S/C24H25IN4O5/c1-32-8-9-33-22-12-20-17(11-18(22)23(26)30)21(6-7-27-20)34-16-4-5-19(14(10-16)13-25)29-24(31)28-15-2-3-15/h4-7,10-12,15H,2-3,8-9,13H2,1H3,(H2,26,30)(H2,28,29,31). The van der Waals surface area contributed by atoms with E-state index in [9.17, 15) is 9.59 Å². The van der Waals surface area contributed by atoms with E-state index < -0.39 is 5.91 Å². The highest BCUT2D eigenvalue weighted by molar-refractivity contribution is 14.1. The van der Waals surface area contributed by atoms with Crippen LogP contribution in [0.3, 0.4) is 0 Å². The lowest BCUT2D eigenvalue weighted by atomic mass is 10.1. The number of hydrogen-bond donors (Lipinski definition) is 3. The Morgan fingerprint density at radius 3 is 2.68 bits per heavy atom. The van der Waals surface area contributed by atoms with E-state index >= 15 is 0 Å². The molecule has 2 aromatic carbocycles. The number of fused-ring (bicyclic) bond motifs is 1. The van der Waals surface area contributed by atoms with Gasteiger partial charge in [-0.1, -0.05) is 22.6 Å². The zero-order chi connectivity index (χ0) is 24.1. The third kappa shape index (κ3) is 5.86. The fraction of sp³-hybridized carbons (Fsp3) is 0.292. The number of carbonyl (C=O) groups excluding carboxylic acids is 2. The van der Waals surface area contributed by atoms with Gasteiger partial charge in [0.2, 0.25) is 0 Å². The summed E-state index contributed by atoms with van der Waals surface area (Å²) in [5, 5.41) is 6.45. The van der Waals surface area contributed by atoms with Crippen molar-refractivity contribution in [2.75, 3.05) is 25.6 Å². The molecule has 4 rings (SSSR count). The number of nitrogens with one attached hydrogen (secondary N) is 2. The van der Waals surface area contributed by atoms with Crippen molar-refractivity contribution in [2.45, 2.75) is 23.3 Å². The van der Waals surface area contributed by atoms with E-state index in [0.717, 1.165) is 24.1 Å². The van der Waals surface area contributed by atoms with Crippen molar-refractivity contribution in [1.82, 2.24) is 10.3 Å². The minimum atomic E-state index is -0.615. The number of hydrogen-bond acceptors (Lipinski definition) is 6. The van der Waals surface area contributed by atoms with Gasteiger partial charge in [0, 0.05) is 40.9 Å². The lowest BCUT2D eigenvalue weighted by molar-refractivity contribution is 0.0992. The summed E-state index contributed by atoms with van der Waals surface area (Å²) in [5.74, 6) is 0.834. The number of alkyl halides is 1. The predicted octanol–water partition coefficient (Wildman–Crippen LogP) is 4.37. The number of nitrogens with two attached hydrogens (primary N) is 1. The molecule has 3 amide bonds. The van der Waals surface area contributed by atoms with Crippen LogP contribution in [0, 0.1) is 0 Å². The number of methoxy groups -OCH3 is 1. The minimum Gasteiger partial charge on any atom is -0.490 e. The van der Waals surface area contributed by atoms with Gasteiger partial charge >= 0.3 is 6.03 Å². The Kier molecular flexibility index (Phi) is 7.68. The first-order valence-corrected chi connectivity index (χ1v) is 12.3. The maximum Gasteiger partial charge on any atom is 0.319 e. The predicted molar refractivity (Wildman–Crippen MR) is 137 cm³/mol. The molecule has 1 saturated carbocycles. The fourth-order valence-corrected chi connectivity index (χ4v) is 3.98. The van der Waals surface area contributed by atoms with Crippen LogP contribution in [0.1, 0.15) is 28.8 Å². The zero-order valence-corrected chi connectivity index (χ0v) is 20.8. The topological polar surface area (TPSA) is 125 Å². The first-order chi connectivity index (χ1) is 16.5. The van der Waals surface area contributed by atoms with Crippen LogP contribution in [0.15, 0.2) is 42.6 Å². The smallest absolute Gasteiger partial charge is 0.319 e. The number of benzene rings is 2. The Hall–Kier alpha value is -3.12. The van der Waals surface area contributed by atoms with Gasteiger partial charge in [-0.05, 0) is 48.7 Å². The number of anilines is 1. The zero-order valence-electron chi connectivity index (χ0n) is 18.6. The van der Waals surface area contributed by atoms with Crippen molar-refractivity contribution in [3.05, 3.63) is 53.7 Å². The van der Waals surface area contributed by atoms with Gasteiger partial charge in [-0.3, -0.25) is 9.78 Å². The maximum atomic E-state index is 12.1. The normalized spacial score (nSPS) is 12.9. The molecule has 1 aromatic heterocycles. The number of halogens is 1. The van der Waals surface area contributed by atoms with Gasteiger partial charge in [-0.25, -0.2) is 4.79 Å². The Balaban J connectivity index is 1.60. The van der Waals surface area contributed by atoms with Crippen LogP contribution in [-0.2, 0) is 9.16 Å². The molecule has 1 heterocycles. The number of ether oxygens (including phenoxy) is 3. The van der Waals surface area contributed by atoms with Gasteiger partial charge < -0.3 is 30.6 Å². The Labute approximate surface area is 210 Å². The number of pyridine rings is 1. The van der Waals surface area contributed by atoms with Gasteiger partial charge in [-0.2, -0.15) is 0 Å². The molecule has 178 valence electrons. The number of rotatable bonds is 10. The van der Waals surface area contributed by atoms with E-state index in [4.69, 9.17) is 19.9 Å². The third-order valence-corrected chi connectivity index (χ3v) is 6.04. The summed E-state index contributed by atoms with van der Waals surface area (Å²) in [4.78, 5) is 28.6. The fourth-order valence-electron chi connectivity index (χ4n) is 3.35. The quantitative estimate of drug-likeness (QED) is 0.187. The lowest BCUT2D eigenvalue weighted by Crippen LogP contribution is -2.30.